The minimum Gasteiger partial charge on any atom is -0.307 e. The molecule has 2 aromatic heterocycles. The first-order valence-electron chi connectivity index (χ1n) is 18.7. The van der Waals surface area contributed by atoms with Crippen molar-refractivity contribution >= 4 is 43.6 Å². The highest BCUT2D eigenvalue weighted by atomic mass is 19.4. The fourth-order valence-electron chi connectivity index (χ4n) is 8.36. The lowest BCUT2D eigenvalue weighted by atomic mass is 9.94. The minimum absolute atomic E-state index is 0.123. The quantitative estimate of drug-likeness (QED) is 0.176. The van der Waals surface area contributed by atoms with Crippen molar-refractivity contribution in [3.05, 3.63) is 193 Å². The number of alkyl halides is 3. The molecule has 0 bridgehead atoms. The number of halogens is 3. The number of fused-ring (bicyclic) bond motifs is 6. The van der Waals surface area contributed by atoms with Crippen LogP contribution in [0.2, 0.25) is 0 Å². The highest BCUT2D eigenvalue weighted by Gasteiger charge is 2.32. The Labute approximate surface area is 331 Å². The van der Waals surface area contributed by atoms with Crippen LogP contribution in [0.4, 0.5) is 13.2 Å². The van der Waals surface area contributed by atoms with Gasteiger partial charge in [0.1, 0.15) is 0 Å². The Bertz CT molecular complexity index is 3340. The molecule has 0 radical (unpaired) electrons. The highest BCUT2D eigenvalue weighted by Crippen LogP contribution is 2.43. The maximum atomic E-state index is 14.3. The van der Waals surface area contributed by atoms with Crippen molar-refractivity contribution in [2.75, 3.05) is 0 Å². The summed E-state index contributed by atoms with van der Waals surface area (Å²) in [5.74, 6) is 0. The van der Waals surface area contributed by atoms with Gasteiger partial charge in [0, 0.05) is 27.1 Å². The van der Waals surface area contributed by atoms with Crippen molar-refractivity contribution in [3.63, 3.8) is 0 Å². The predicted octanol–water partition coefficient (Wildman–Crippen LogP) is 13.6. The Morgan fingerprint density at radius 3 is 1.38 bits per heavy atom. The number of nitriles is 2. The van der Waals surface area contributed by atoms with Crippen LogP contribution in [-0.4, -0.2) is 9.13 Å². The molecule has 7 heteroatoms. The van der Waals surface area contributed by atoms with Gasteiger partial charge in [0.2, 0.25) is 0 Å². The van der Waals surface area contributed by atoms with Crippen LogP contribution in [0, 0.1) is 22.7 Å². The summed E-state index contributed by atoms with van der Waals surface area (Å²) in [6, 6.07) is 60.2. The Balaban J connectivity index is 1.33. The van der Waals surface area contributed by atoms with Crippen LogP contribution < -0.4 is 0 Å². The average molecular weight is 755 g/mol. The number of hydrogen-bond acceptors (Lipinski definition) is 2. The van der Waals surface area contributed by atoms with Crippen molar-refractivity contribution < 1.29 is 13.2 Å². The van der Waals surface area contributed by atoms with Crippen molar-refractivity contribution in [3.8, 4) is 56.9 Å². The molecule has 10 rings (SSSR count). The molecule has 0 atom stereocenters. The van der Waals surface area contributed by atoms with E-state index in [1.807, 2.05) is 78.9 Å². The van der Waals surface area contributed by atoms with Gasteiger partial charge in [-0.2, -0.15) is 23.7 Å². The van der Waals surface area contributed by atoms with Crippen molar-refractivity contribution in [2.24, 2.45) is 0 Å². The number of hydrogen-bond donors (Lipinski definition) is 0. The van der Waals surface area contributed by atoms with Crippen molar-refractivity contribution in [2.45, 2.75) is 6.18 Å². The Hall–Kier alpha value is -7.87. The average Bonchev–Trinajstić information content (AvgIpc) is 3.78. The molecule has 0 fully saturated rings. The zero-order valence-electron chi connectivity index (χ0n) is 30.7. The zero-order valence-corrected chi connectivity index (χ0v) is 30.7. The van der Waals surface area contributed by atoms with Gasteiger partial charge >= 0.3 is 6.18 Å². The van der Waals surface area contributed by atoms with Crippen LogP contribution >= 0.6 is 0 Å². The van der Waals surface area contributed by atoms with E-state index in [1.165, 1.54) is 6.07 Å². The zero-order chi connectivity index (χ0) is 39.5. The van der Waals surface area contributed by atoms with E-state index < -0.39 is 11.7 Å². The van der Waals surface area contributed by atoms with Gasteiger partial charge in [-0.1, -0.05) is 109 Å². The molecule has 0 aliphatic heterocycles. The van der Waals surface area contributed by atoms with Gasteiger partial charge in [0.25, 0.3) is 0 Å². The van der Waals surface area contributed by atoms with Crippen LogP contribution in [0.5, 0.6) is 0 Å². The Kier molecular flexibility index (Phi) is 8.00. The highest BCUT2D eigenvalue weighted by molar-refractivity contribution is 6.13. The van der Waals surface area contributed by atoms with Crippen molar-refractivity contribution in [1.82, 2.24) is 9.13 Å². The maximum absolute atomic E-state index is 14.3. The predicted molar refractivity (Wildman–Crippen MR) is 226 cm³/mol. The van der Waals surface area contributed by atoms with E-state index in [9.17, 15) is 23.7 Å². The molecule has 58 heavy (non-hydrogen) atoms. The van der Waals surface area contributed by atoms with E-state index in [-0.39, 0.29) is 22.3 Å². The lowest BCUT2D eigenvalue weighted by molar-refractivity contribution is -0.137. The molecule has 0 amide bonds. The SMILES string of the molecule is N#Cc1cc(-c2cc(-n3c4ccccc4c4cc(-c5ccccc5)ccc43)c(-n3c4ccccc4c4cc(-c5ccccc5)ccc43)cc2C#N)cc(C(F)(F)F)c1. The second kappa shape index (κ2) is 13.4. The van der Waals surface area contributed by atoms with Crippen LogP contribution in [0.25, 0.3) is 88.4 Å². The molecule has 0 saturated heterocycles. The summed E-state index contributed by atoms with van der Waals surface area (Å²) in [5.41, 5.74) is 8.59. The molecule has 274 valence electrons. The summed E-state index contributed by atoms with van der Waals surface area (Å²) in [5, 5.41) is 24.6. The van der Waals surface area contributed by atoms with E-state index >= 15 is 0 Å². The van der Waals surface area contributed by atoms with Gasteiger partial charge in [0.15, 0.2) is 0 Å². The molecule has 0 aliphatic carbocycles. The standard InChI is InChI=1S/C51H29F3N4/c52-51(53,54)39-24-32(30-55)23-37(25-39)42-29-50(58-46-18-10-8-16-41(46)44-27-36(20-22-48(44)58)34-13-5-2-6-14-34)49(28-38(42)31-56)57-45-17-9-7-15-40(45)43-26-35(19-21-47(43)57)33-11-3-1-4-12-33/h1-29H. The Morgan fingerprint density at radius 2 is 0.879 bits per heavy atom. The molecule has 0 N–H and O–H groups in total. The summed E-state index contributed by atoms with van der Waals surface area (Å²) < 4.78 is 47.2. The largest absolute Gasteiger partial charge is 0.416 e. The number of aromatic nitrogens is 2. The molecule has 0 unspecified atom stereocenters. The molecule has 0 aliphatic rings. The molecule has 0 saturated carbocycles. The molecule has 2 heterocycles. The van der Waals surface area contributed by atoms with E-state index in [0.29, 0.717) is 11.4 Å². The topological polar surface area (TPSA) is 57.4 Å². The second-order valence-electron chi connectivity index (χ2n) is 14.3. The number of rotatable bonds is 5. The van der Waals surface area contributed by atoms with Crippen LogP contribution in [0.15, 0.2) is 176 Å². The number of benzene rings is 8. The first-order valence-corrected chi connectivity index (χ1v) is 18.7. The third-order valence-corrected chi connectivity index (χ3v) is 11.0. The third-order valence-electron chi connectivity index (χ3n) is 11.0. The van der Waals surface area contributed by atoms with Crippen LogP contribution in [0.1, 0.15) is 16.7 Å². The normalized spacial score (nSPS) is 11.7. The van der Waals surface area contributed by atoms with E-state index in [4.69, 9.17) is 0 Å². The Morgan fingerprint density at radius 1 is 0.397 bits per heavy atom. The summed E-state index contributed by atoms with van der Waals surface area (Å²) >= 11 is 0. The molecule has 4 nitrogen and oxygen atoms in total. The molecule has 10 aromatic rings. The number of para-hydroxylation sites is 2. The summed E-state index contributed by atoms with van der Waals surface area (Å²) in [6.45, 7) is 0. The minimum atomic E-state index is -4.71. The van der Waals surface area contributed by atoms with Crippen LogP contribution in [-0.2, 0) is 6.18 Å². The van der Waals surface area contributed by atoms with Gasteiger partial charge in [-0.05, 0) is 94.5 Å². The second-order valence-corrected chi connectivity index (χ2v) is 14.3. The van der Waals surface area contributed by atoms with Gasteiger partial charge in [-0.15, -0.1) is 0 Å². The van der Waals surface area contributed by atoms with E-state index in [2.05, 4.69) is 88.0 Å². The monoisotopic (exact) mass is 754 g/mol. The van der Waals surface area contributed by atoms with Crippen molar-refractivity contribution in [1.29, 1.82) is 10.5 Å². The fraction of sp³-hybridized carbons (Fsp3) is 0.0196. The lowest BCUT2D eigenvalue weighted by Crippen LogP contribution is -2.07. The lowest BCUT2D eigenvalue weighted by Gasteiger charge is -2.20. The smallest absolute Gasteiger partial charge is 0.307 e. The number of nitrogens with zero attached hydrogens (tertiary/aromatic N) is 4. The maximum Gasteiger partial charge on any atom is 0.416 e. The molecular formula is C51H29F3N4. The van der Waals surface area contributed by atoms with Gasteiger partial charge in [-0.25, -0.2) is 0 Å². The first-order chi connectivity index (χ1) is 28.3. The van der Waals surface area contributed by atoms with Gasteiger partial charge < -0.3 is 9.13 Å². The molecule has 0 spiro atoms. The van der Waals surface area contributed by atoms with Crippen LogP contribution in [0.3, 0.4) is 0 Å². The summed E-state index contributed by atoms with van der Waals surface area (Å²) in [6.07, 6.45) is -4.71. The summed E-state index contributed by atoms with van der Waals surface area (Å²) in [7, 11) is 0. The fourth-order valence-corrected chi connectivity index (χ4v) is 8.36. The molecule has 8 aromatic carbocycles. The van der Waals surface area contributed by atoms with E-state index in [0.717, 1.165) is 78.0 Å². The molecular weight excluding hydrogens is 726 g/mol. The van der Waals surface area contributed by atoms with Gasteiger partial charge in [-0.3, -0.25) is 0 Å². The third kappa shape index (κ3) is 5.60. The van der Waals surface area contributed by atoms with Gasteiger partial charge in [0.05, 0.1) is 62.3 Å². The van der Waals surface area contributed by atoms with E-state index in [1.54, 1.807) is 12.1 Å². The summed E-state index contributed by atoms with van der Waals surface area (Å²) in [4.78, 5) is 0. The first kappa shape index (κ1) is 34.6.